The van der Waals surface area contributed by atoms with E-state index >= 15 is 0 Å². The van der Waals surface area contributed by atoms with Crippen molar-refractivity contribution in [2.24, 2.45) is 0 Å². The van der Waals surface area contributed by atoms with Crippen molar-refractivity contribution in [1.29, 1.82) is 0 Å². The van der Waals surface area contributed by atoms with Gasteiger partial charge in [-0.2, -0.15) is 5.10 Å². The predicted octanol–water partition coefficient (Wildman–Crippen LogP) is 3.90. The molecule has 0 spiro atoms. The Morgan fingerprint density at radius 3 is 2.33 bits per heavy atom. The molecule has 0 aliphatic heterocycles. The Bertz CT molecular complexity index is 1310. The summed E-state index contributed by atoms with van der Waals surface area (Å²) in [5.74, 6) is -0.542. The Labute approximate surface area is 172 Å². The Morgan fingerprint density at radius 2 is 1.60 bits per heavy atom. The molecule has 0 fully saturated rings. The summed E-state index contributed by atoms with van der Waals surface area (Å²) in [6, 6.07) is 23.1. The van der Waals surface area contributed by atoms with Crippen molar-refractivity contribution in [1.82, 2.24) is 9.78 Å². The normalized spacial score (nSPS) is 10.7. The Balaban J connectivity index is 1.76. The van der Waals surface area contributed by atoms with Gasteiger partial charge in [-0.1, -0.05) is 60.7 Å². The number of carbonyl (C=O) groups is 2. The number of anilines is 1. The van der Waals surface area contributed by atoms with Gasteiger partial charge in [0.2, 0.25) is 0 Å². The number of amides is 1. The number of nitrogens with zero attached hydrogens (tertiary/aromatic N) is 2. The molecule has 0 radical (unpaired) electrons. The van der Waals surface area contributed by atoms with Crippen molar-refractivity contribution < 1.29 is 9.59 Å². The lowest BCUT2D eigenvalue weighted by molar-refractivity contribution is 0.100. The quantitative estimate of drug-likeness (QED) is 0.518. The van der Waals surface area contributed by atoms with E-state index in [9.17, 15) is 14.4 Å². The van der Waals surface area contributed by atoms with Crippen LogP contribution in [0.1, 0.15) is 33.3 Å². The highest BCUT2D eigenvalue weighted by molar-refractivity contribution is 6.11. The van der Waals surface area contributed by atoms with Gasteiger partial charge in [-0.3, -0.25) is 14.4 Å². The SMILES string of the molecule is CC(=O)c1cccc(NC(=O)c2nn(Cc3ccccc3)c(=O)c3ccccc23)c1. The Morgan fingerprint density at radius 1 is 0.900 bits per heavy atom. The maximum Gasteiger partial charge on any atom is 0.276 e. The molecule has 6 nitrogen and oxygen atoms in total. The average Bonchev–Trinajstić information content (AvgIpc) is 2.76. The van der Waals surface area contributed by atoms with Crippen LogP contribution in [0, 0.1) is 0 Å². The van der Waals surface area contributed by atoms with E-state index in [1.165, 1.54) is 11.6 Å². The summed E-state index contributed by atoms with van der Waals surface area (Å²) < 4.78 is 1.30. The zero-order valence-electron chi connectivity index (χ0n) is 16.3. The molecule has 30 heavy (non-hydrogen) atoms. The molecular formula is C24H19N3O3. The van der Waals surface area contributed by atoms with E-state index < -0.39 is 5.91 Å². The third-order valence-electron chi connectivity index (χ3n) is 4.78. The van der Waals surface area contributed by atoms with Crippen LogP contribution in [0.15, 0.2) is 83.7 Å². The number of hydrogen-bond donors (Lipinski definition) is 1. The van der Waals surface area contributed by atoms with Crippen LogP contribution in [0.25, 0.3) is 10.8 Å². The lowest BCUT2D eigenvalue weighted by Gasteiger charge is -2.12. The summed E-state index contributed by atoms with van der Waals surface area (Å²) in [7, 11) is 0. The van der Waals surface area contributed by atoms with Crippen molar-refractivity contribution in [3.05, 3.63) is 106 Å². The summed E-state index contributed by atoms with van der Waals surface area (Å²) in [5.41, 5.74) is 1.78. The minimum Gasteiger partial charge on any atom is -0.321 e. The molecule has 148 valence electrons. The maximum absolute atomic E-state index is 13.1. The van der Waals surface area contributed by atoms with E-state index in [0.29, 0.717) is 22.0 Å². The monoisotopic (exact) mass is 397 g/mol. The molecule has 4 aromatic rings. The molecule has 6 heteroatoms. The molecule has 1 N–H and O–H groups in total. The number of benzene rings is 3. The molecule has 1 heterocycles. The Kier molecular flexibility index (Phi) is 5.22. The highest BCUT2D eigenvalue weighted by Crippen LogP contribution is 2.17. The van der Waals surface area contributed by atoms with E-state index in [2.05, 4.69) is 10.4 Å². The zero-order valence-corrected chi connectivity index (χ0v) is 16.3. The van der Waals surface area contributed by atoms with Crippen LogP contribution in [0.4, 0.5) is 5.69 Å². The average molecular weight is 397 g/mol. The third kappa shape index (κ3) is 3.89. The van der Waals surface area contributed by atoms with E-state index in [-0.39, 0.29) is 23.6 Å². The van der Waals surface area contributed by atoms with Crippen LogP contribution >= 0.6 is 0 Å². The largest absolute Gasteiger partial charge is 0.321 e. The second-order valence-corrected chi connectivity index (χ2v) is 6.93. The molecule has 0 unspecified atom stereocenters. The molecule has 0 aliphatic carbocycles. The predicted molar refractivity (Wildman–Crippen MR) is 116 cm³/mol. The minimum absolute atomic E-state index is 0.0916. The number of Topliss-reactive ketones (excluding diaryl/α,β-unsaturated/α-hetero) is 1. The van der Waals surface area contributed by atoms with Gasteiger partial charge in [-0.15, -0.1) is 0 Å². The molecule has 1 aromatic heterocycles. The van der Waals surface area contributed by atoms with Gasteiger partial charge in [0.25, 0.3) is 11.5 Å². The number of hydrogen-bond acceptors (Lipinski definition) is 4. The van der Waals surface area contributed by atoms with Gasteiger partial charge in [0.15, 0.2) is 11.5 Å². The van der Waals surface area contributed by atoms with E-state index in [4.69, 9.17) is 0 Å². The fourth-order valence-corrected chi connectivity index (χ4v) is 3.27. The first-order valence-corrected chi connectivity index (χ1v) is 9.49. The van der Waals surface area contributed by atoms with Gasteiger partial charge in [0.05, 0.1) is 11.9 Å². The van der Waals surface area contributed by atoms with E-state index in [0.717, 1.165) is 5.56 Å². The molecule has 0 saturated heterocycles. The number of aromatic nitrogens is 2. The van der Waals surface area contributed by atoms with Crippen molar-refractivity contribution in [2.45, 2.75) is 13.5 Å². The first-order valence-electron chi connectivity index (χ1n) is 9.49. The summed E-state index contributed by atoms with van der Waals surface area (Å²) in [6.07, 6.45) is 0. The van der Waals surface area contributed by atoms with E-state index in [1.54, 1.807) is 48.5 Å². The fourth-order valence-electron chi connectivity index (χ4n) is 3.27. The molecule has 0 aliphatic rings. The molecule has 0 atom stereocenters. The summed E-state index contributed by atoms with van der Waals surface area (Å²) >= 11 is 0. The number of carbonyl (C=O) groups excluding carboxylic acids is 2. The summed E-state index contributed by atoms with van der Waals surface area (Å²) in [4.78, 5) is 37.6. The number of fused-ring (bicyclic) bond motifs is 1. The first kappa shape index (κ1) is 19.3. The van der Waals surface area contributed by atoms with Gasteiger partial charge in [0.1, 0.15) is 0 Å². The standard InChI is InChI=1S/C24H19N3O3/c1-16(28)18-10-7-11-19(14-18)25-23(29)22-20-12-5-6-13-21(20)24(30)27(26-22)15-17-8-3-2-4-9-17/h2-14H,15H2,1H3,(H,25,29). The van der Waals surface area contributed by atoms with Crippen LogP contribution in [0.3, 0.4) is 0 Å². The maximum atomic E-state index is 13.1. The number of rotatable bonds is 5. The second kappa shape index (κ2) is 8.13. The van der Waals surface area contributed by atoms with Gasteiger partial charge in [-0.05, 0) is 30.7 Å². The summed E-state index contributed by atoms with van der Waals surface area (Å²) in [5, 5.41) is 8.06. The second-order valence-electron chi connectivity index (χ2n) is 6.93. The van der Waals surface area contributed by atoms with Crippen molar-refractivity contribution in [2.75, 3.05) is 5.32 Å². The molecule has 0 bridgehead atoms. The third-order valence-corrected chi connectivity index (χ3v) is 4.78. The molecule has 3 aromatic carbocycles. The number of nitrogens with one attached hydrogen (secondary N) is 1. The van der Waals surface area contributed by atoms with Crippen molar-refractivity contribution >= 4 is 28.2 Å². The first-order chi connectivity index (χ1) is 14.5. The highest BCUT2D eigenvalue weighted by Gasteiger charge is 2.17. The molecule has 4 rings (SSSR count). The fraction of sp³-hybridized carbons (Fsp3) is 0.0833. The van der Waals surface area contributed by atoms with Gasteiger partial charge < -0.3 is 5.32 Å². The molecule has 1 amide bonds. The van der Waals surface area contributed by atoms with Crippen molar-refractivity contribution in [3.63, 3.8) is 0 Å². The lowest BCUT2D eigenvalue weighted by atomic mass is 10.1. The smallest absolute Gasteiger partial charge is 0.276 e. The Hall–Kier alpha value is -4.06. The summed E-state index contributed by atoms with van der Waals surface area (Å²) in [6.45, 7) is 1.72. The number of ketones is 1. The minimum atomic E-state index is -0.450. The topological polar surface area (TPSA) is 81.1 Å². The van der Waals surface area contributed by atoms with Crippen LogP contribution in [-0.2, 0) is 6.54 Å². The van der Waals surface area contributed by atoms with Crippen molar-refractivity contribution in [3.8, 4) is 0 Å². The zero-order chi connectivity index (χ0) is 21.1. The van der Waals surface area contributed by atoms with E-state index in [1.807, 2.05) is 30.3 Å². The van der Waals surface area contributed by atoms with Crippen LogP contribution in [0.2, 0.25) is 0 Å². The van der Waals surface area contributed by atoms with Crippen LogP contribution in [-0.4, -0.2) is 21.5 Å². The van der Waals surface area contributed by atoms with Gasteiger partial charge in [-0.25, -0.2) is 4.68 Å². The van der Waals surface area contributed by atoms with Gasteiger partial charge in [0, 0.05) is 16.6 Å². The van der Waals surface area contributed by atoms with Crippen LogP contribution < -0.4 is 10.9 Å². The molecule has 0 saturated carbocycles. The lowest BCUT2D eigenvalue weighted by Crippen LogP contribution is -2.28. The highest BCUT2D eigenvalue weighted by atomic mass is 16.2. The van der Waals surface area contributed by atoms with Crippen LogP contribution in [0.5, 0.6) is 0 Å². The van der Waals surface area contributed by atoms with Gasteiger partial charge >= 0.3 is 0 Å². The molecular weight excluding hydrogens is 378 g/mol.